The van der Waals surface area contributed by atoms with Crippen LogP contribution >= 0.6 is 0 Å². The van der Waals surface area contributed by atoms with Gasteiger partial charge in [0.2, 0.25) is 0 Å². The van der Waals surface area contributed by atoms with Gasteiger partial charge in [0.1, 0.15) is 65.6 Å². The van der Waals surface area contributed by atoms with Crippen molar-refractivity contribution in [2.24, 2.45) is 16.7 Å². The Labute approximate surface area is 499 Å². The number of aliphatic hydroxyl groups excluding tert-OH is 2. The Bertz CT molecular complexity index is 2550. The molecule has 22 heteroatoms. The number of rotatable bonds is 18. The molecule has 1 aromatic carbocycles. The SMILES string of the molecule is CC=C(C)C(=O)O[C@@H](C)[C@]1(O)CC[C@@]2(O)[C@]1(C)[C@H](OC(=O)C=Cc1ccccc1)C[C@H]1[C@@]2(O)C=C[C@@]2(O)C[C@@H](O[C@H]3C[C@H](OC)[C@H](O[C@H]4C[C@H](OC)[C@H](O[C@H]5C[C@@H](OC)[C@H](O[C@@H]6O[C@H](C)[C@@H](O)[C@H](OC)[C@H]6O)[C@@H](C)O5)[C@@H](C)O4)[C@@H](C)O3)CC[C@]12C. The second-order valence-corrected chi connectivity index (χ2v) is 25.5. The van der Waals surface area contributed by atoms with Crippen molar-refractivity contribution in [2.45, 2.75) is 265 Å². The first-order valence-electron chi connectivity index (χ1n) is 30.3. The molecule has 8 aliphatic rings. The molecule has 9 rings (SSSR count). The maximum atomic E-state index is 13.9. The first kappa shape index (κ1) is 66.1. The van der Waals surface area contributed by atoms with E-state index in [0.29, 0.717) is 24.8 Å². The zero-order chi connectivity index (χ0) is 61.8. The van der Waals surface area contributed by atoms with Crippen LogP contribution in [0.15, 0.2) is 60.2 Å². The van der Waals surface area contributed by atoms with Crippen LogP contribution in [0.2, 0.25) is 0 Å². The lowest BCUT2D eigenvalue weighted by molar-refractivity contribution is -0.356. The highest BCUT2D eigenvalue weighted by Gasteiger charge is 2.82. The molecule has 22 nitrogen and oxygen atoms in total. The van der Waals surface area contributed by atoms with Crippen LogP contribution in [0.5, 0.6) is 0 Å². The quantitative estimate of drug-likeness (QED) is 0.0671. The number of fused-ring (bicyclic) bond motifs is 5. The summed E-state index contributed by atoms with van der Waals surface area (Å²) in [4.78, 5) is 27.1. The molecule has 0 amide bonds. The molecule has 4 heterocycles. The lowest BCUT2D eigenvalue weighted by Gasteiger charge is -2.68. The highest BCUT2D eigenvalue weighted by Crippen LogP contribution is 2.72. The predicted molar refractivity (Wildman–Crippen MR) is 303 cm³/mol. The molecule has 85 heavy (non-hydrogen) atoms. The van der Waals surface area contributed by atoms with E-state index in [1.165, 1.54) is 19.3 Å². The van der Waals surface area contributed by atoms with Gasteiger partial charge >= 0.3 is 11.9 Å². The Morgan fingerprint density at radius 1 is 0.671 bits per heavy atom. The van der Waals surface area contributed by atoms with Crippen molar-refractivity contribution >= 4 is 18.0 Å². The summed E-state index contributed by atoms with van der Waals surface area (Å²) in [6, 6.07) is 9.19. The van der Waals surface area contributed by atoms with Crippen LogP contribution in [0.25, 0.3) is 6.08 Å². The normalized spacial score (nSPS) is 47.8. The van der Waals surface area contributed by atoms with Gasteiger partial charge in [0, 0.05) is 77.1 Å². The van der Waals surface area contributed by atoms with E-state index >= 15 is 0 Å². The van der Waals surface area contributed by atoms with Crippen molar-refractivity contribution in [3.63, 3.8) is 0 Å². The Kier molecular flexibility index (Phi) is 20.1. The minimum absolute atomic E-state index is 0.0680. The molecule has 7 fully saturated rings. The molecule has 0 unspecified atom stereocenters. The van der Waals surface area contributed by atoms with Gasteiger partial charge in [0.25, 0.3) is 0 Å². The number of methoxy groups -OCH3 is 4. The molecule has 4 saturated heterocycles. The monoisotopic (exact) mass is 1200 g/mol. The highest BCUT2D eigenvalue weighted by atomic mass is 16.8. The Morgan fingerprint density at radius 3 is 1.76 bits per heavy atom. The van der Waals surface area contributed by atoms with Gasteiger partial charge in [-0.15, -0.1) is 0 Å². The van der Waals surface area contributed by atoms with Crippen molar-refractivity contribution in [1.29, 1.82) is 0 Å². The smallest absolute Gasteiger partial charge is 0.333 e. The lowest BCUT2D eigenvalue weighted by Crippen LogP contribution is -2.80. The summed E-state index contributed by atoms with van der Waals surface area (Å²) in [5.41, 5.74) is -9.67. The van der Waals surface area contributed by atoms with E-state index in [1.807, 2.05) is 58.0 Å². The van der Waals surface area contributed by atoms with Gasteiger partial charge in [-0.05, 0) is 92.2 Å². The van der Waals surface area contributed by atoms with Crippen LogP contribution in [0.1, 0.15) is 126 Å². The maximum absolute atomic E-state index is 13.9. The topological polar surface area (TPSA) is 285 Å². The number of aliphatic hydroxyl groups is 6. The number of ether oxygens (including phenoxy) is 14. The summed E-state index contributed by atoms with van der Waals surface area (Å²) >= 11 is 0. The molecule has 27 atom stereocenters. The average Bonchev–Trinajstić information content (AvgIpc) is 1.63. The third-order valence-electron chi connectivity index (χ3n) is 21.1. The van der Waals surface area contributed by atoms with Gasteiger partial charge in [-0.3, -0.25) is 0 Å². The molecule has 0 aromatic heterocycles. The van der Waals surface area contributed by atoms with Crippen LogP contribution in [0, 0.1) is 16.7 Å². The number of allylic oxidation sites excluding steroid dienone is 1. The Hall–Kier alpha value is -3.34. The van der Waals surface area contributed by atoms with E-state index in [0.717, 1.165) is 5.56 Å². The zero-order valence-corrected chi connectivity index (χ0v) is 51.5. The van der Waals surface area contributed by atoms with Crippen LogP contribution in [-0.4, -0.2) is 216 Å². The van der Waals surface area contributed by atoms with Crippen molar-refractivity contribution in [1.82, 2.24) is 0 Å². The second-order valence-electron chi connectivity index (χ2n) is 25.5. The summed E-state index contributed by atoms with van der Waals surface area (Å²) in [7, 11) is 6.17. The fourth-order valence-corrected chi connectivity index (χ4v) is 15.6. The van der Waals surface area contributed by atoms with Gasteiger partial charge in [-0.25, -0.2) is 9.59 Å². The van der Waals surface area contributed by atoms with E-state index in [4.69, 9.17) is 66.3 Å². The van der Waals surface area contributed by atoms with E-state index < -0.39 is 174 Å². The van der Waals surface area contributed by atoms with Crippen LogP contribution in [-0.2, 0) is 75.9 Å². The van der Waals surface area contributed by atoms with Crippen molar-refractivity contribution in [3.8, 4) is 0 Å². The molecular weight excluding hydrogens is 1110 g/mol. The molecule has 4 aliphatic carbocycles. The second kappa shape index (κ2) is 25.9. The summed E-state index contributed by atoms with van der Waals surface area (Å²) in [6.07, 6.45) is -6.27. The molecule has 0 bridgehead atoms. The zero-order valence-electron chi connectivity index (χ0n) is 51.5. The van der Waals surface area contributed by atoms with Crippen molar-refractivity contribution < 1.29 is 107 Å². The summed E-state index contributed by atoms with van der Waals surface area (Å²) in [5.74, 6) is -2.31. The van der Waals surface area contributed by atoms with Crippen LogP contribution in [0.4, 0.5) is 0 Å². The molecule has 0 radical (unpaired) electrons. The van der Waals surface area contributed by atoms with E-state index in [9.17, 15) is 40.2 Å². The maximum Gasteiger partial charge on any atom is 0.333 e. The largest absolute Gasteiger partial charge is 0.458 e. The summed E-state index contributed by atoms with van der Waals surface area (Å²) in [5, 5.41) is 73.9. The minimum Gasteiger partial charge on any atom is -0.458 e. The number of hydrogen-bond donors (Lipinski definition) is 6. The number of benzene rings is 1. The third-order valence-corrected chi connectivity index (χ3v) is 21.1. The molecule has 478 valence electrons. The highest BCUT2D eigenvalue weighted by molar-refractivity contribution is 5.88. The fraction of sp³-hybridized carbons (Fsp3) is 0.778. The fourth-order valence-electron chi connectivity index (χ4n) is 15.6. The van der Waals surface area contributed by atoms with Gasteiger partial charge in [0.15, 0.2) is 25.2 Å². The van der Waals surface area contributed by atoms with E-state index in [2.05, 4.69) is 0 Å². The standard InChI is InChI=1S/C63H94O22/c1-14-33(2)56(67)80-38(7)61(69)26-27-63(71)59(61,9)45(82-46(64)21-20-39-18-16-15-17-19-39)31-44-58(8)23-22-40(32-60(58,68)24-25-62(44,63)70)81-47-28-41(72-10)52(35(4)76-47)83-48-29-42(73-11)53(36(5)77-48)84-49-30-43(74-12)54(37(6)78-49)85-57-51(66)55(75-13)50(65)34(3)79-57/h14-21,24-25,34-38,40-45,47-55,57,65-66,68-71H,22-23,26-32H2,1-13H3/t34-,35-,36-,37-,38+,40+,41+,42+,43-,44-,45-,47+,48+,49+,50-,51-,52-,53-,54-,55+,57+,58-,59-,60-,61-,62+,63-/m1/s1. The molecule has 1 aromatic rings. The first-order valence-corrected chi connectivity index (χ1v) is 30.3. The number of carbonyl (C=O) groups excluding carboxylic acids is 2. The van der Waals surface area contributed by atoms with Gasteiger partial charge < -0.3 is 97.0 Å². The molecule has 3 saturated carbocycles. The van der Waals surface area contributed by atoms with Crippen LogP contribution < -0.4 is 0 Å². The van der Waals surface area contributed by atoms with E-state index in [-0.39, 0.29) is 38.5 Å². The number of hydrogen-bond acceptors (Lipinski definition) is 22. The Morgan fingerprint density at radius 2 is 1.22 bits per heavy atom. The van der Waals surface area contributed by atoms with Gasteiger partial charge in [0.05, 0.1) is 59.8 Å². The van der Waals surface area contributed by atoms with E-state index in [1.54, 1.807) is 74.2 Å². The van der Waals surface area contributed by atoms with Crippen molar-refractivity contribution in [3.05, 3.63) is 65.8 Å². The van der Waals surface area contributed by atoms with Crippen molar-refractivity contribution in [2.75, 3.05) is 28.4 Å². The van der Waals surface area contributed by atoms with Crippen LogP contribution in [0.3, 0.4) is 0 Å². The third kappa shape index (κ3) is 11.9. The predicted octanol–water partition coefficient (Wildman–Crippen LogP) is 4.49. The number of carbonyl (C=O) groups is 2. The average molecular weight is 1200 g/mol. The minimum atomic E-state index is -2.16. The number of esters is 2. The van der Waals surface area contributed by atoms with Gasteiger partial charge in [-0.1, -0.05) is 62.4 Å². The molecule has 0 spiro atoms. The summed E-state index contributed by atoms with van der Waals surface area (Å²) < 4.78 is 87.0. The molecule has 4 aliphatic heterocycles. The molecule has 6 N–H and O–H groups in total. The summed E-state index contributed by atoms with van der Waals surface area (Å²) in [6.45, 7) is 15.6. The first-order chi connectivity index (χ1) is 40.2. The lowest BCUT2D eigenvalue weighted by atomic mass is 9.41. The molecular formula is C63H94O22. The van der Waals surface area contributed by atoms with Gasteiger partial charge in [-0.2, -0.15) is 0 Å². The Balaban J connectivity index is 0.843.